The number of carbonyl (C=O) groups is 1. The van der Waals surface area contributed by atoms with E-state index in [1.165, 1.54) is 10.6 Å². The molecule has 0 atom stereocenters. The number of hydrogen-bond donors (Lipinski definition) is 2. The van der Waals surface area contributed by atoms with Crippen LogP contribution in [0.15, 0.2) is 0 Å². The summed E-state index contributed by atoms with van der Waals surface area (Å²) in [5.41, 5.74) is 0. The lowest BCUT2D eigenvalue weighted by Crippen LogP contribution is -2.40. The van der Waals surface area contributed by atoms with Gasteiger partial charge in [-0.2, -0.15) is 0 Å². The number of carbonyl (C=O) groups excluding carboxylic acids is 1. The van der Waals surface area contributed by atoms with E-state index in [4.69, 9.17) is 0 Å². The van der Waals surface area contributed by atoms with E-state index in [1.54, 1.807) is 0 Å². The van der Waals surface area contributed by atoms with Crippen molar-refractivity contribution in [1.82, 2.24) is 19.8 Å². The average Bonchev–Trinajstić information content (AvgIpc) is 2.65. The highest BCUT2D eigenvalue weighted by atomic mass is 32.2. The number of nitrogens with one attached hydrogen (secondary N) is 2. The largest absolute Gasteiger partial charge is 0.355 e. The molecule has 8 heteroatoms. The van der Waals surface area contributed by atoms with Crippen LogP contribution < -0.4 is 10.6 Å². The Morgan fingerprint density at radius 1 is 1.33 bits per heavy atom. The van der Waals surface area contributed by atoms with Crippen LogP contribution in [-0.4, -0.2) is 82.1 Å². The second kappa shape index (κ2) is 9.34. The van der Waals surface area contributed by atoms with E-state index in [0.29, 0.717) is 32.6 Å². The van der Waals surface area contributed by atoms with Crippen LogP contribution >= 0.6 is 0 Å². The molecule has 0 aromatic rings. The van der Waals surface area contributed by atoms with Gasteiger partial charge in [0.2, 0.25) is 15.9 Å². The Morgan fingerprint density at radius 3 is 2.76 bits per heavy atom. The molecule has 1 rings (SSSR count). The molecule has 1 amide bonds. The third kappa shape index (κ3) is 7.75. The van der Waals surface area contributed by atoms with Crippen molar-refractivity contribution in [3.63, 3.8) is 0 Å². The SMILES string of the molecule is CCN(CCCNC(=O)CN1CCCNCC1)S(C)(=O)=O. The molecule has 0 saturated carbocycles. The number of amides is 1. The second-order valence-corrected chi connectivity index (χ2v) is 7.32. The van der Waals surface area contributed by atoms with Gasteiger partial charge >= 0.3 is 0 Å². The van der Waals surface area contributed by atoms with E-state index in [9.17, 15) is 13.2 Å². The Morgan fingerprint density at radius 2 is 2.10 bits per heavy atom. The van der Waals surface area contributed by atoms with Crippen LogP contribution in [0.5, 0.6) is 0 Å². The molecule has 1 aliphatic heterocycles. The number of nitrogens with zero attached hydrogens (tertiary/aromatic N) is 2. The summed E-state index contributed by atoms with van der Waals surface area (Å²) in [6.07, 6.45) is 2.91. The molecular formula is C13H28N4O3S. The summed E-state index contributed by atoms with van der Waals surface area (Å²) in [5.74, 6) is 0.0132. The Bertz CT molecular complexity index is 406. The summed E-state index contributed by atoms with van der Waals surface area (Å²) in [6.45, 7) is 7.43. The molecule has 21 heavy (non-hydrogen) atoms. The summed E-state index contributed by atoms with van der Waals surface area (Å²) in [7, 11) is -3.14. The third-order valence-electron chi connectivity index (χ3n) is 3.53. The molecule has 1 aliphatic rings. The first-order chi connectivity index (χ1) is 9.93. The van der Waals surface area contributed by atoms with Crippen molar-refractivity contribution < 1.29 is 13.2 Å². The van der Waals surface area contributed by atoms with Crippen molar-refractivity contribution in [1.29, 1.82) is 0 Å². The van der Waals surface area contributed by atoms with Gasteiger partial charge in [-0.05, 0) is 25.9 Å². The fourth-order valence-electron chi connectivity index (χ4n) is 2.36. The lowest BCUT2D eigenvalue weighted by molar-refractivity contribution is -0.122. The normalized spacial score (nSPS) is 17.7. The first-order valence-electron chi connectivity index (χ1n) is 7.58. The quantitative estimate of drug-likeness (QED) is 0.565. The highest BCUT2D eigenvalue weighted by Crippen LogP contribution is 1.98. The Kier molecular flexibility index (Phi) is 8.16. The van der Waals surface area contributed by atoms with Crippen LogP contribution in [0.3, 0.4) is 0 Å². The minimum atomic E-state index is -3.14. The van der Waals surface area contributed by atoms with Crippen LogP contribution in [0.4, 0.5) is 0 Å². The van der Waals surface area contributed by atoms with E-state index in [1.807, 2.05) is 6.92 Å². The van der Waals surface area contributed by atoms with Gasteiger partial charge < -0.3 is 10.6 Å². The summed E-state index contributed by atoms with van der Waals surface area (Å²) >= 11 is 0. The van der Waals surface area contributed by atoms with Gasteiger partial charge in [0.15, 0.2) is 0 Å². The van der Waals surface area contributed by atoms with Crippen LogP contribution in [0.2, 0.25) is 0 Å². The minimum absolute atomic E-state index is 0.0132. The second-order valence-electron chi connectivity index (χ2n) is 5.34. The van der Waals surface area contributed by atoms with Gasteiger partial charge in [-0.3, -0.25) is 9.69 Å². The molecule has 1 fully saturated rings. The monoisotopic (exact) mass is 320 g/mol. The third-order valence-corrected chi connectivity index (χ3v) is 4.91. The van der Waals surface area contributed by atoms with Crippen molar-refractivity contribution in [2.45, 2.75) is 19.8 Å². The minimum Gasteiger partial charge on any atom is -0.355 e. The maximum atomic E-state index is 11.8. The van der Waals surface area contributed by atoms with E-state index < -0.39 is 10.0 Å². The molecule has 0 bridgehead atoms. The summed E-state index contributed by atoms with van der Waals surface area (Å²) in [5, 5.41) is 6.16. The highest BCUT2D eigenvalue weighted by Gasteiger charge is 2.14. The molecule has 0 unspecified atom stereocenters. The zero-order valence-electron chi connectivity index (χ0n) is 13.1. The van der Waals surface area contributed by atoms with Crippen molar-refractivity contribution in [2.24, 2.45) is 0 Å². The molecule has 0 spiro atoms. The van der Waals surface area contributed by atoms with Gasteiger partial charge in [0.1, 0.15) is 0 Å². The summed E-state index contributed by atoms with van der Waals surface area (Å²) < 4.78 is 24.2. The lowest BCUT2D eigenvalue weighted by atomic mass is 10.3. The van der Waals surface area contributed by atoms with Gasteiger partial charge in [0.25, 0.3) is 0 Å². The van der Waals surface area contributed by atoms with Gasteiger partial charge in [-0.25, -0.2) is 12.7 Å². The predicted molar refractivity (Wildman–Crippen MR) is 83.6 cm³/mol. The molecular weight excluding hydrogens is 292 g/mol. The van der Waals surface area contributed by atoms with Gasteiger partial charge in [0.05, 0.1) is 12.8 Å². The molecule has 0 aromatic heterocycles. The Labute approximate surface area is 128 Å². The predicted octanol–water partition coefficient (Wildman–Crippen LogP) is -0.930. The zero-order chi connectivity index (χ0) is 15.7. The molecule has 7 nitrogen and oxygen atoms in total. The Balaban J connectivity index is 2.18. The number of hydrogen-bond acceptors (Lipinski definition) is 5. The highest BCUT2D eigenvalue weighted by molar-refractivity contribution is 7.88. The molecule has 0 aromatic carbocycles. The average molecular weight is 320 g/mol. The number of sulfonamides is 1. The maximum Gasteiger partial charge on any atom is 0.234 e. The first-order valence-corrected chi connectivity index (χ1v) is 9.43. The molecule has 0 aliphatic carbocycles. The van der Waals surface area contributed by atoms with E-state index >= 15 is 0 Å². The van der Waals surface area contributed by atoms with Gasteiger partial charge in [-0.15, -0.1) is 0 Å². The fourth-order valence-corrected chi connectivity index (χ4v) is 3.29. The summed E-state index contributed by atoms with van der Waals surface area (Å²) in [6, 6.07) is 0. The van der Waals surface area contributed by atoms with Crippen LogP contribution in [0.1, 0.15) is 19.8 Å². The molecule has 2 N–H and O–H groups in total. The Hall–Kier alpha value is -0.700. The van der Waals surface area contributed by atoms with Crippen LogP contribution in [0.25, 0.3) is 0 Å². The van der Waals surface area contributed by atoms with E-state index in [0.717, 1.165) is 32.6 Å². The van der Waals surface area contributed by atoms with Crippen molar-refractivity contribution in [3.8, 4) is 0 Å². The van der Waals surface area contributed by atoms with Gasteiger partial charge in [0, 0.05) is 32.7 Å². The van der Waals surface area contributed by atoms with Gasteiger partial charge in [-0.1, -0.05) is 6.92 Å². The zero-order valence-corrected chi connectivity index (χ0v) is 13.9. The molecule has 0 radical (unpaired) electrons. The first kappa shape index (κ1) is 18.3. The van der Waals surface area contributed by atoms with E-state index in [2.05, 4.69) is 15.5 Å². The van der Waals surface area contributed by atoms with Crippen LogP contribution in [-0.2, 0) is 14.8 Å². The maximum absolute atomic E-state index is 11.8. The number of rotatable bonds is 8. The molecule has 1 saturated heterocycles. The smallest absolute Gasteiger partial charge is 0.234 e. The topological polar surface area (TPSA) is 81.8 Å². The van der Waals surface area contributed by atoms with E-state index in [-0.39, 0.29) is 5.91 Å². The fraction of sp³-hybridized carbons (Fsp3) is 0.923. The van der Waals surface area contributed by atoms with Crippen LogP contribution in [0, 0.1) is 0 Å². The van der Waals surface area contributed by atoms with Crippen molar-refractivity contribution in [2.75, 3.05) is 58.6 Å². The standard InChI is InChI=1S/C13H28N4O3S/c1-3-17(21(2,19)20)10-5-7-15-13(18)12-16-9-4-6-14-8-11-16/h14H,3-12H2,1-2H3,(H,15,18). The van der Waals surface area contributed by atoms with Crippen molar-refractivity contribution >= 4 is 15.9 Å². The molecule has 1 heterocycles. The summed E-state index contributed by atoms with van der Waals surface area (Å²) in [4.78, 5) is 14.0. The molecule has 124 valence electrons. The lowest BCUT2D eigenvalue weighted by Gasteiger charge is -2.19. The van der Waals surface area contributed by atoms with Crippen molar-refractivity contribution in [3.05, 3.63) is 0 Å².